The monoisotopic (exact) mass is 381 g/mol. The first-order chi connectivity index (χ1) is 12.2. The lowest BCUT2D eigenvalue weighted by atomic mass is 10.2. The molecule has 10 heteroatoms. The molecule has 134 valence electrons. The van der Waals surface area contributed by atoms with Gasteiger partial charge in [-0.15, -0.1) is 0 Å². The van der Waals surface area contributed by atoms with Crippen LogP contribution in [0.25, 0.3) is 5.69 Å². The zero-order valence-corrected chi connectivity index (χ0v) is 13.7. The average molecular weight is 382 g/mol. The summed E-state index contributed by atoms with van der Waals surface area (Å²) in [5, 5.41) is 7.06. The summed E-state index contributed by atoms with van der Waals surface area (Å²) < 4.78 is 39.7. The second kappa shape index (κ2) is 6.68. The molecule has 0 saturated heterocycles. The SMILES string of the molecule is NC(=O)c1cnc(Nc2cnn(-c3cccc(C(F)(F)F)c3)c2)c(Cl)c1. The topological polar surface area (TPSA) is 85.8 Å². The molecule has 0 aliphatic rings. The van der Waals surface area contributed by atoms with Crippen LogP contribution in [0.5, 0.6) is 0 Å². The highest BCUT2D eigenvalue weighted by Gasteiger charge is 2.30. The lowest BCUT2D eigenvalue weighted by Gasteiger charge is -2.08. The number of primary amides is 1. The fourth-order valence-electron chi connectivity index (χ4n) is 2.15. The van der Waals surface area contributed by atoms with Gasteiger partial charge in [0.1, 0.15) is 5.82 Å². The summed E-state index contributed by atoms with van der Waals surface area (Å²) in [5.74, 6) is -0.413. The van der Waals surface area contributed by atoms with Gasteiger partial charge >= 0.3 is 6.18 Å². The molecule has 3 rings (SSSR count). The van der Waals surface area contributed by atoms with E-state index >= 15 is 0 Å². The Kier molecular flexibility index (Phi) is 4.56. The zero-order chi connectivity index (χ0) is 18.9. The van der Waals surface area contributed by atoms with Gasteiger partial charge in [-0.2, -0.15) is 18.3 Å². The minimum absolute atomic E-state index is 0.153. The summed E-state index contributed by atoms with van der Waals surface area (Å²) in [6.45, 7) is 0. The zero-order valence-electron chi connectivity index (χ0n) is 13.0. The summed E-state index contributed by atoms with van der Waals surface area (Å²) >= 11 is 6.03. The number of nitrogens with one attached hydrogen (secondary N) is 1. The van der Waals surface area contributed by atoms with Crippen molar-refractivity contribution >= 4 is 29.0 Å². The van der Waals surface area contributed by atoms with E-state index in [0.717, 1.165) is 12.1 Å². The van der Waals surface area contributed by atoms with Gasteiger partial charge in [0, 0.05) is 6.20 Å². The van der Waals surface area contributed by atoms with Gasteiger partial charge in [-0.1, -0.05) is 17.7 Å². The van der Waals surface area contributed by atoms with Crippen LogP contribution in [-0.4, -0.2) is 20.7 Å². The molecule has 0 unspecified atom stereocenters. The molecule has 0 fully saturated rings. The van der Waals surface area contributed by atoms with Crippen LogP contribution in [0, 0.1) is 0 Å². The minimum Gasteiger partial charge on any atom is -0.366 e. The molecule has 0 spiro atoms. The number of benzene rings is 1. The molecule has 2 aromatic heterocycles. The quantitative estimate of drug-likeness (QED) is 0.720. The molecule has 0 saturated carbocycles. The molecule has 26 heavy (non-hydrogen) atoms. The first kappa shape index (κ1) is 17.7. The number of hydrogen-bond acceptors (Lipinski definition) is 4. The first-order valence-corrected chi connectivity index (χ1v) is 7.56. The van der Waals surface area contributed by atoms with E-state index in [4.69, 9.17) is 17.3 Å². The average Bonchev–Trinajstić information content (AvgIpc) is 3.04. The van der Waals surface area contributed by atoms with E-state index in [1.54, 1.807) is 0 Å². The number of aromatic nitrogens is 3. The second-order valence-corrected chi connectivity index (χ2v) is 5.67. The molecule has 6 nitrogen and oxygen atoms in total. The molecule has 0 aliphatic heterocycles. The fourth-order valence-corrected chi connectivity index (χ4v) is 2.37. The van der Waals surface area contributed by atoms with Crippen molar-refractivity contribution in [2.24, 2.45) is 5.73 Å². The van der Waals surface area contributed by atoms with Crippen molar-refractivity contribution in [2.75, 3.05) is 5.32 Å². The number of rotatable bonds is 4. The highest BCUT2D eigenvalue weighted by molar-refractivity contribution is 6.33. The van der Waals surface area contributed by atoms with Gasteiger partial charge in [-0.05, 0) is 24.3 Å². The van der Waals surface area contributed by atoms with E-state index in [1.807, 2.05) is 0 Å². The Bertz CT molecular complexity index is 971. The van der Waals surface area contributed by atoms with E-state index in [2.05, 4.69) is 15.4 Å². The second-order valence-electron chi connectivity index (χ2n) is 5.27. The molecule has 0 aliphatic carbocycles. The Morgan fingerprint density at radius 2 is 2.00 bits per heavy atom. The number of hydrogen-bond donors (Lipinski definition) is 2. The predicted molar refractivity (Wildman–Crippen MR) is 89.6 cm³/mol. The van der Waals surface area contributed by atoms with Crippen molar-refractivity contribution in [1.82, 2.24) is 14.8 Å². The molecule has 1 amide bonds. The van der Waals surface area contributed by atoms with Crippen molar-refractivity contribution in [3.63, 3.8) is 0 Å². The molecule has 0 bridgehead atoms. The van der Waals surface area contributed by atoms with Crippen LogP contribution in [0.15, 0.2) is 48.9 Å². The number of nitrogens with zero attached hydrogens (tertiary/aromatic N) is 3. The van der Waals surface area contributed by atoms with Crippen LogP contribution in [0.4, 0.5) is 24.7 Å². The summed E-state index contributed by atoms with van der Waals surface area (Å²) in [7, 11) is 0. The van der Waals surface area contributed by atoms with Gasteiger partial charge in [-0.25, -0.2) is 9.67 Å². The number of alkyl halides is 3. The number of amides is 1. The summed E-state index contributed by atoms with van der Waals surface area (Å²) in [5.41, 5.74) is 5.22. The molecule has 1 aromatic carbocycles. The lowest BCUT2D eigenvalue weighted by Crippen LogP contribution is -2.11. The number of halogens is 4. The maximum atomic E-state index is 12.8. The third-order valence-corrected chi connectivity index (χ3v) is 3.70. The van der Waals surface area contributed by atoms with Crippen LogP contribution in [0.1, 0.15) is 15.9 Å². The molecular formula is C16H11ClF3N5O. The van der Waals surface area contributed by atoms with E-state index in [9.17, 15) is 18.0 Å². The van der Waals surface area contributed by atoms with Crippen molar-refractivity contribution in [3.05, 3.63) is 65.1 Å². The van der Waals surface area contributed by atoms with Gasteiger partial charge in [0.05, 0.1) is 39.9 Å². The largest absolute Gasteiger partial charge is 0.416 e. The molecule has 2 heterocycles. The highest BCUT2D eigenvalue weighted by Crippen LogP contribution is 2.30. The Hall–Kier alpha value is -3.07. The Balaban J connectivity index is 1.84. The van der Waals surface area contributed by atoms with E-state index in [1.165, 1.54) is 41.5 Å². The Labute approximate surface area is 150 Å². The van der Waals surface area contributed by atoms with Crippen LogP contribution >= 0.6 is 11.6 Å². The fraction of sp³-hybridized carbons (Fsp3) is 0.0625. The number of nitrogens with two attached hydrogens (primary N) is 1. The van der Waals surface area contributed by atoms with Crippen molar-refractivity contribution in [3.8, 4) is 5.69 Å². The molecular weight excluding hydrogens is 371 g/mol. The predicted octanol–water partition coefficient (Wildman–Crippen LogP) is 3.78. The standard InChI is InChI=1S/C16H11ClF3N5O/c17-13-4-9(14(21)26)6-22-15(13)24-11-7-23-25(8-11)12-3-1-2-10(5-12)16(18,19)20/h1-8H,(H2,21,26)(H,22,24). The molecule has 0 atom stereocenters. The van der Waals surface area contributed by atoms with Crippen LogP contribution < -0.4 is 11.1 Å². The Morgan fingerprint density at radius 1 is 1.23 bits per heavy atom. The van der Waals surface area contributed by atoms with Crippen LogP contribution in [0.3, 0.4) is 0 Å². The minimum atomic E-state index is -4.44. The maximum Gasteiger partial charge on any atom is 0.416 e. The third-order valence-electron chi connectivity index (χ3n) is 3.41. The van der Waals surface area contributed by atoms with Crippen LogP contribution in [-0.2, 0) is 6.18 Å². The number of carbonyl (C=O) groups is 1. The molecule has 3 N–H and O–H groups in total. The van der Waals surface area contributed by atoms with Gasteiger partial charge < -0.3 is 11.1 Å². The number of pyridine rings is 1. The lowest BCUT2D eigenvalue weighted by molar-refractivity contribution is -0.137. The number of carbonyl (C=O) groups excluding carboxylic acids is 1. The normalized spacial score (nSPS) is 11.4. The maximum absolute atomic E-state index is 12.8. The smallest absolute Gasteiger partial charge is 0.366 e. The van der Waals surface area contributed by atoms with Gasteiger partial charge in [0.25, 0.3) is 0 Å². The van der Waals surface area contributed by atoms with Crippen molar-refractivity contribution < 1.29 is 18.0 Å². The van der Waals surface area contributed by atoms with E-state index in [-0.39, 0.29) is 22.1 Å². The Morgan fingerprint density at radius 3 is 2.65 bits per heavy atom. The van der Waals surface area contributed by atoms with Gasteiger partial charge in [0.15, 0.2) is 0 Å². The summed E-state index contributed by atoms with van der Waals surface area (Å²) in [6, 6.07) is 6.13. The molecule has 3 aromatic rings. The van der Waals surface area contributed by atoms with Crippen molar-refractivity contribution in [2.45, 2.75) is 6.18 Å². The van der Waals surface area contributed by atoms with Crippen molar-refractivity contribution in [1.29, 1.82) is 0 Å². The summed E-state index contributed by atoms with van der Waals surface area (Å²) in [4.78, 5) is 15.1. The van der Waals surface area contributed by atoms with E-state index in [0.29, 0.717) is 5.69 Å². The van der Waals surface area contributed by atoms with E-state index < -0.39 is 17.6 Å². The first-order valence-electron chi connectivity index (χ1n) is 7.19. The molecule has 0 radical (unpaired) electrons. The van der Waals surface area contributed by atoms with Gasteiger partial charge in [0.2, 0.25) is 5.91 Å². The highest BCUT2D eigenvalue weighted by atomic mass is 35.5. The summed E-state index contributed by atoms with van der Waals surface area (Å²) in [6.07, 6.45) is -0.298. The van der Waals surface area contributed by atoms with Crippen LogP contribution in [0.2, 0.25) is 5.02 Å². The van der Waals surface area contributed by atoms with Gasteiger partial charge in [-0.3, -0.25) is 4.79 Å². The number of anilines is 2. The third kappa shape index (κ3) is 3.77.